The number of thioether (sulfide) groups is 1. The predicted octanol–water partition coefficient (Wildman–Crippen LogP) is 4.21. The van der Waals surface area contributed by atoms with Crippen LogP contribution >= 0.6 is 23.4 Å². The number of amides is 1. The van der Waals surface area contributed by atoms with Crippen molar-refractivity contribution in [1.29, 1.82) is 0 Å². The Morgan fingerprint density at radius 1 is 1.16 bits per heavy atom. The average Bonchev–Trinajstić information content (AvgIpc) is 2.41. The van der Waals surface area contributed by atoms with Crippen molar-refractivity contribution in [1.82, 2.24) is 0 Å². The molecule has 0 aromatic heterocycles. The number of carbonyl (C=O) groups excluding carboxylic acids is 1. The van der Waals surface area contributed by atoms with Gasteiger partial charge in [0.05, 0.1) is 16.5 Å². The molecule has 0 heterocycles. The maximum absolute atomic E-state index is 12.7. The zero-order chi connectivity index (χ0) is 13.7. The van der Waals surface area contributed by atoms with Crippen LogP contribution in [-0.2, 0) is 4.79 Å². The Labute approximate surface area is 120 Å². The van der Waals surface area contributed by atoms with E-state index in [1.54, 1.807) is 36.4 Å². The second-order valence-electron chi connectivity index (χ2n) is 3.77. The molecule has 0 aliphatic carbocycles. The fourth-order valence-electron chi connectivity index (χ4n) is 1.43. The van der Waals surface area contributed by atoms with E-state index < -0.39 is 0 Å². The van der Waals surface area contributed by atoms with Crippen LogP contribution in [0.15, 0.2) is 53.4 Å². The molecule has 0 fully saturated rings. The SMILES string of the molecule is O=C(CSc1ccc(F)cc1)Nc1ccccc1Cl. The average molecular weight is 296 g/mol. The number of hydrogen-bond acceptors (Lipinski definition) is 2. The van der Waals surface area contributed by atoms with Crippen molar-refractivity contribution in [2.75, 3.05) is 11.1 Å². The van der Waals surface area contributed by atoms with Crippen LogP contribution < -0.4 is 5.32 Å². The molecule has 98 valence electrons. The molecule has 0 saturated carbocycles. The summed E-state index contributed by atoms with van der Waals surface area (Å²) < 4.78 is 12.7. The van der Waals surface area contributed by atoms with Gasteiger partial charge in [-0.2, -0.15) is 0 Å². The molecule has 2 nitrogen and oxygen atoms in total. The van der Waals surface area contributed by atoms with Crippen molar-refractivity contribution in [2.45, 2.75) is 4.90 Å². The number of nitrogens with one attached hydrogen (secondary N) is 1. The predicted molar refractivity (Wildman–Crippen MR) is 77.2 cm³/mol. The third-order valence-corrected chi connectivity index (χ3v) is 3.67. The van der Waals surface area contributed by atoms with Gasteiger partial charge in [-0.05, 0) is 36.4 Å². The van der Waals surface area contributed by atoms with Gasteiger partial charge in [0.2, 0.25) is 5.91 Å². The minimum absolute atomic E-state index is 0.151. The number of halogens is 2. The number of anilines is 1. The van der Waals surface area contributed by atoms with Crippen LogP contribution in [0.5, 0.6) is 0 Å². The highest BCUT2D eigenvalue weighted by Crippen LogP contribution is 2.22. The van der Waals surface area contributed by atoms with Crippen LogP contribution in [0.4, 0.5) is 10.1 Å². The first kappa shape index (κ1) is 13.9. The van der Waals surface area contributed by atoms with E-state index in [4.69, 9.17) is 11.6 Å². The third-order valence-electron chi connectivity index (χ3n) is 2.33. The molecule has 0 aliphatic rings. The highest BCUT2D eigenvalue weighted by atomic mass is 35.5. The van der Waals surface area contributed by atoms with Gasteiger partial charge >= 0.3 is 0 Å². The lowest BCUT2D eigenvalue weighted by atomic mass is 10.3. The molecule has 0 unspecified atom stereocenters. The summed E-state index contributed by atoms with van der Waals surface area (Å²) in [5.74, 6) is -0.191. The highest BCUT2D eigenvalue weighted by Gasteiger charge is 2.06. The zero-order valence-electron chi connectivity index (χ0n) is 9.90. The van der Waals surface area contributed by atoms with Gasteiger partial charge in [0.25, 0.3) is 0 Å². The molecule has 1 amide bonds. The Balaban J connectivity index is 1.88. The van der Waals surface area contributed by atoms with Gasteiger partial charge in [-0.25, -0.2) is 4.39 Å². The Hall–Kier alpha value is -1.52. The molecule has 0 aliphatic heterocycles. The lowest BCUT2D eigenvalue weighted by Crippen LogP contribution is -2.14. The Morgan fingerprint density at radius 3 is 2.53 bits per heavy atom. The first-order chi connectivity index (χ1) is 9.15. The minimum Gasteiger partial charge on any atom is -0.324 e. The van der Waals surface area contributed by atoms with E-state index in [0.29, 0.717) is 10.7 Å². The summed E-state index contributed by atoms with van der Waals surface area (Å²) in [7, 11) is 0. The largest absolute Gasteiger partial charge is 0.324 e. The van der Waals surface area contributed by atoms with Crippen LogP contribution in [0.25, 0.3) is 0 Å². The minimum atomic E-state index is -0.287. The summed E-state index contributed by atoms with van der Waals surface area (Å²) in [5.41, 5.74) is 0.592. The van der Waals surface area contributed by atoms with E-state index in [2.05, 4.69) is 5.32 Å². The van der Waals surface area contributed by atoms with Crippen molar-refractivity contribution in [2.24, 2.45) is 0 Å². The summed E-state index contributed by atoms with van der Waals surface area (Å²) >= 11 is 7.28. The van der Waals surface area contributed by atoms with E-state index in [1.807, 2.05) is 0 Å². The fourth-order valence-corrected chi connectivity index (χ4v) is 2.31. The number of benzene rings is 2. The molecule has 2 rings (SSSR count). The molecule has 0 radical (unpaired) electrons. The number of para-hydroxylation sites is 1. The monoisotopic (exact) mass is 295 g/mol. The lowest BCUT2D eigenvalue weighted by molar-refractivity contribution is -0.113. The third kappa shape index (κ3) is 4.26. The second-order valence-corrected chi connectivity index (χ2v) is 5.23. The van der Waals surface area contributed by atoms with Crippen molar-refractivity contribution < 1.29 is 9.18 Å². The topological polar surface area (TPSA) is 29.1 Å². The van der Waals surface area contributed by atoms with Crippen LogP contribution in [0.1, 0.15) is 0 Å². The number of rotatable bonds is 4. The normalized spacial score (nSPS) is 10.2. The molecule has 0 saturated heterocycles. The highest BCUT2D eigenvalue weighted by molar-refractivity contribution is 8.00. The van der Waals surface area contributed by atoms with Crippen molar-refractivity contribution in [3.05, 3.63) is 59.4 Å². The van der Waals surface area contributed by atoms with E-state index in [0.717, 1.165) is 4.90 Å². The van der Waals surface area contributed by atoms with Gasteiger partial charge in [-0.15, -0.1) is 11.8 Å². The first-order valence-corrected chi connectivity index (χ1v) is 6.94. The maximum atomic E-state index is 12.7. The quantitative estimate of drug-likeness (QED) is 0.856. The molecular weight excluding hydrogens is 285 g/mol. The number of carbonyl (C=O) groups is 1. The standard InChI is InChI=1S/C14H11ClFNOS/c15-12-3-1-2-4-13(12)17-14(18)9-19-11-7-5-10(16)6-8-11/h1-8H,9H2,(H,17,18). The maximum Gasteiger partial charge on any atom is 0.234 e. The molecule has 0 atom stereocenters. The summed E-state index contributed by atoms with van der Waals surface area (Å²) in [6, 6.07) is 13.1. The molecule has 2 aromatic rings. The van der Waals surface area contributed by atoms with Gasteiger partial charge in [0, 0.05) is 4.90 Å². The van der Waals surface area contributed by atoms with Crippen molar-refractivity contribution in [3.8, 4) is 0 Å². The molecule has 2 aromatic carbocycles. The molecule has 0 spiro atoms. The van der Waals surface area contributed by atoms with Crippen LogP contribution in [0, 0.1) is 5.82 Å². The first-order valence-electron chi connectivity index (χ1n) is 5.58. The van der Waals surface area contributed by atoms with Crippen molar-refractivity contribution >= 4 is 35.0 Å². The lowest BCUT2D eigenvalue weighted by Gasteiger charge is -2.06. The van der Waals surface area contributed by atoms with Gasteiger partial charge < -0.3 is 5.32 Å². The van der Waals surface area contributed by atoms with Gasteiger partial charge in [0.1, 0.15) is 5.82 Å². The second kappa shape index (κ2) is 6.59. The Morgan fingerprint density at radius 2 is 1.84 bits per heavy atom. The van der Waals surface area contributed by atoms with Crippen molar-refractivity contribution in [3.63, 3.8) is 0 Å². The van der Waals surface area contributed by atoms with E-state index >= 15 is 0 Å². The summed E-state index contributed by atoms with van der Waals surface area (Å²) in [6.07, 6.45) is 0. The van der Waals surface area contributed by atoms with Crippen LogP contribution in [0.2, 0.25) is 5.02 Å². The molecule has 19 heavy (non-hydrogen) atoms. The fraction of sp³-hybridized carbons (Fsp3) is 0.0714. The number of hydrogen-bond donors (Lipinski definition) is 1. The zero-order valence-corrected chi connectivity index (χ0v) is 11.5. The summed E-state index contributed by atoms with van der Waals surface area (Å²) in [4.78, 5) is 12.6. The van der Waals surface area contributed by atoms with E-state index in [1.165, 1.54) is 23.9 Å². The molecular formula is C14H11ClFNOS. The van der Waals surface area contributed by atoms with Gasteiger partial charge in [-0.3, -0.25) is 4.79 Å². The van der Waals surface area contributed by atoms with Gasteiger partial charge in [-0.1, -0.05) is 23.7 Å². The smallest absolute Gasteiger partial charge is 0.234 e. The van der Waals surface area contributed by atoms with E-state index in [-0.39, 0.29) is 17.5 Å². The van der Waals surface area contributed by atoms with Crippen LogP contribution in [0.3, 0.4) is 0 Å². The summed E-state index contributed by atoms with van der Waals surface area (Å²) in [6.45, 7) is 0. The van der Waals surface area contributed by atoms with E-state index in [9.17, 15) is 9.18 Å². The molecule has 5 heteroatoms. The molecule has 1 N–H and O–H groups in total. The Bertz CT molecular complexity index is 574. The summed E-state index contributed by atoms with van der Waals surface area (Å²) in [5, 5.41) is 3.23. The Kier molecular flexibility index (Phi) is 4.82. The molecule has 0 bridgehead atoms. The van der Waals surface area contributed by atoms with Crippen LogP contribution in [-0.4, -0.2) is 11.7 Å². The van der Waals surface area contributed by atoms with Gasteiger partial charge in [0.15, 0.2) is 0 Å².